The average molecular weight is 170 g/mol. The van der Waals surface area contributed by atoms with Gasteiger partial charge in [-0.2, -0.15) is 0 Å². The highest BCUT2D eigenvalue weighted by atomic mass is 16.5. The van der Waals surface area contributed by atoms with E-state index in [2.05, 4.69) is 6.92 Å². The van der Waals surface area contributed by atoms with Crippen LogP contribution in [-0.2, 0) is 9.53 Å². The highest BCUT2D eigenvalue weighted by Crippen LogP contribution is 2.43. The van der Waals surface area contributed by atoms with E-state index >= 15 is 0 Å². The molecule has 0 aromatic heterocycles. The lowest BCUT2D eigenvalue weighted by Gasteiger charge is -2.20. The van der Waals surface area contributed by atoms with E-state index in [1.165, 1.54) is 20.0 Å². The maximum atomic E-state index is 11.4. The minimum Gasteiger partial charge on any atom is -0.469 e. The number of carbonyl (C=O) groups excluding carboxylic acids is 1. The van der Waals surface area contributed by atoms with Gasteiger partial charge in [-0.05, 0) is 32.1 Å². The quantitative estimate of drug-likeness (QED) is 0.595. The van der Waals surface area contributed by atoms with Crippen molar-refractivity contribution in [1.29, 1.82) is 0 Å². The molecule has 1 fully saturated rings. The van der Waals surface area contributed by atoms with Gasteiger partial charge in [-0.25, -0.2) is 0 Å². The third kappa shape index (κ3) is 1.62. The molecule has 1 saturated carbocycles. The highest BCUT2D eigenvalue weighted by molar-refractivity contribution is 5.76. The third-order valence-electron chi connectivity index (χ3n) is 3.10. The van der Waals surface area contributed by atoms with E-state index in [0.29, 0.717) is 0 Å². The minimum atomic E-state index is -0.185. The summed E-state index contributed by atoms with van der Waals surface area (Å²) in [7, 11) is 1.48. The van der Waals surface area contributed by atoms with Crippen LogP contribution in [0.15, 0.2) is 0 Å². The lowest BCUT2D eigenvalue weighted by Crippen LogP contribution is -2.26. The van der Waals surface area contributed by atoms with Crippen molar-refractivity contribution in [2.24, 2.45) is 11.3 Å². The number of methoxy groups -OCH3 is 1. The van der Waals surface area contributed by atoms with E-state index in [1.54, 1.807) is 0 Å². The molecule has 0 aromatic rings. The van der Waals surface area contributed by atoms with Crippen molar-refractivity contribution in [3.8, 4) is 0 Å². The van der Waals surface area contributed by atoms with Crippen LogP contribution in [0, 0.1) is 11.3 Å². The summed E-state index contributed by atoms with van der Waals surface area (Å²) in [4.78, 5) is 11.4. The van der Waals surface area contributed by atoms with E-state index < -0.39 is 0 Å². The molecule has 0 N–H and O–H groups in total. The molecule has 0 bridgehead atoms. The molecular weight excluding hydrogens is 152 g/mol. The summed E-state index contributed by atoms with van der Waals surface area (Å²) in [6.07, 6.45) is 4.38. The lowest BCUT2D eigenvalue weighted by molar-refractivity contribution is -0.151. The number of hydrogen-bond acceptors (Lipinski definition) is 2. The first-order chi connectivity index (χ1) is 5.62. The van der Waals surface area contributed by atoms with Crippen molar-refractivity contribution in [3.63, 3.8) is 0 Å². The topological polar surface area (TPSA) is 26.3 Å². The Morgan fingerprint density at radius 3 is 2.75 bits per heavy atom. The molecule has 1 rings (SSSR count). The Balaban J connectivity index is 2.57. The fourth-order valence-corrected chi connectivity index (χ4v) is 2.14. The second-order valence-corrected chi connectivity index (χ2v) is 4.07. The fourth-order valence-electron chi connectivity index (χ4n) is 2.14. The fraction of sp³-hybridized carbons (Fsp3) is 0.900. The molecule has 70 valence electrons. The monoisotopic (exact) mass is 170 g/mol. The van der Waals surface area contributed by atoms with Gasteiger partial charge in [0.1, 0.15) is 0 Å². The molecule has 1 aliphatic rings. The van der Waals surface area contributed by atoms with Crippen LogP contribution in [0.5, 0.6) is 0 Å². The molecule has 0 saturated heterocycles. The zero-order valence-electron chi connectivity index (χ0n) is 8.22. The standard InChI is InChI=1S/C10H18O2/c1-4-8-5-6-10(2,7-8)9(11)12-3/h8H,4-7H2,1-3H3. The zero-order chi connectivity index (χ0) is 9.19. The van der Waals surface area contributed by atoms with E-state index in [4.69, 9.17) is 4.74 Å². The first kappa shape index (κ1) is 9.56. The van der Waals surface area contributed by atoms with Gasteiger partial charge < -0.3 is 4.74 Å². The summed E-state index contributed by atoms with van der Waals surface area (Å²) in [5.41, 5.74) is -0.185. The summed E-state index contributed by atoms with van der Waals surface area (Å²) < 4.78 is 4.79. The molecule has 2 nitrogen and oxygen atoms in total. The molecule has 0 spiro atoms. The summed E-state index contributed by atoms with van der Waals surface area (Å²) >= 11 is 0. The number of carbonyl (C=O) groups is 1. The van der Waals surface area contributed by atoms with Crippen LogP contribution in [0.4, 0.5) is 0 Å². The Hall–Kier alpha value is -0.530. The molecule has 2 unspecified atom stereocenters. The Labute approximate surface area is 74.3 Å². The molecule has 2 heteroatoms. The molecule has 1 aliphatic carbocycles. The predicted molar refractivity (Wildman–Crippen MR) is 47.8 cm³/mol. The van der Waals surface area contributed by atoms with Crippen LogP contribution in [0.3, 0.4) is 0 Å². The lowest BCUT2D eigenvalue weighted by atomic mass is 9.87. The van der Waals surface area contributed by atoms with Crippen LogP contribution in [0.2, 0.25) is 0 Å². The SMILES string of the molecule is CCC1CCC(C)(C(=O)OC)C1. The Morgan fingerprint density at radius 2 is 2.33 bits per heavy atom. The zero-order valence-corrected chi connectivity index (χ0v) is 8.22. The summed E-state index contributed by atoms with van der Waals surface area (Å²) in [6, 6.07) is 0. The van der Waals surface area contributed by atoms with Gasteiger partial charge >= 0.3 is 5.97 Å². The highest BCUT2D eigenvalue weighted by Gasteiger charge is 2.41. The van der Waals surface area contributed by atoms with Crippen LogP contribution in [0.25, 0.3) is 0 Å². The third-order valence-corrected chi connectivity index (χ3v) is 3.10. The summed E-state index contributed by atoms with van der Waals surface area (Å²) in [6.45, 7) is 4.21. The Morgan fingerprint density at radius 1 is 1.67 bits per heavy atom. The Kier molecular flexibility index (Phi) is 2.76. The molecule has 12 heavy (non-hydrogen) atoms. The van der Waals surface area contributed by atoms with E-state index in [1.807, 2.05) is 6.92 Å². The molecular formula is C10H18O2. The number of ether oxygens (including phenoxy) is 1. The van der Waals surface area contributed by atoms with Gasteiger partial charge in [-0.3, -0.25) is 4.79 Å². The van der Waals surface area contributed by atoms with Crippen molar-refractivity contribution in [2.45, 2.75) is 39.5 Å². The van der Waals surface area contributed by atoms with Crippen LogP contribution in [-0.4, -0.2) is 13.1 Å². The van der Waals surface area contributed by atoms with Gasteiger partial charge in [-0.1, -0.05) is 13.3 Å². The van der Waals surface area contributed by atoms with Gasteiger partial charge in [-0.15, -0.1) is 0 Å². The van der Waals surface area contributed by atoms with E-state index in [0.717, 1.165) is 18.8 Å². The number of rotatable bonds is 2. The Bertz CT molecular complexity index is 177. The van der Waals surface area contributed by atoms with E-state index in [-0.39, 0.29) is 11.4 Å². The number of hydrogen-bond donors (Lipinski definition) is 0. The second kappa shape index (κ2) is 3.46. The summed E-state index contributed by atoms with van der Waals surface area (Å²) in [5, 5.41) is 0. The van der Waals surface area contributed by atoms with Crippen molar-refractivity contribution in [2.75, 3.05) is 7.11 Å². The van der Waals surface area contributed by atoms with Crippen molar-refractivity contribution in [1.82, 2.24) is 0 Å². The first-order valence-electron chi connectivity index (χ1n) is 4.71. The van der Waals surface area contributed by atoms with Gasteiger partial charge in [0.15, 0.2) is 0 Å². The first-order valence-corrected chi connectivity index (χ1v) is 4.71. The van der Waals surface area contributed by atoms with Gasteiger partial charge in [0, 0.05) is 0 Å². The molecule has 0 aliphatic heterocycles. The van der Waals surface area contributed by atoms with Crippen LogP contribution < -0.4 is 0 Å². The minimum absolute atomic E-state index is 0.0292. The smallest absolute Gasteiger partial charge is 0.311 e. The van der Waals surface area contributed by atoms with Crippen LogP contribution in [0.1, 0.15) is 39.5 Å². The van der Waals surface area contributed by atoms with Crippen molar-refractivity contribution in [3.05, 3.63) is 0 Å². The maximum absolute atomic E-state index is 11.4. The number of esters is 1. The predicted octanol–water partition coefficient (Wildman–Crippen LogP) is 2.38. The van der Waals surface area contributed by atoms with Crippen molar-refractivity contribution >= 4 is 5.97 Å². The molecule has 2 atom stereocenters. The van der Waals surface area contributed by atoms with Crippen LogP contribution >= 0.6 is 0 Å². The molecule has 0 heterocycles. The average Bonchev–Trinajstić information content (AvgIpc) is 2.47. The molecule has 0 radical (unpaired) electrons. The normalized spacial score (nSPS) is 35.1. The molecule has 0 amide bonds. The van der Waals surface area contributed by atoms with E-state index in [9.17, 15) is 4.79 Å². The summed E-state index contributed by atoms with van der Waals surface area (Å²) in [5.74, 6) is 0.701. The molecule has 0 aromatic carbocycles. The van der Waals surface area contributed by atoms with Gasteiger partial charge in [0.2, 0.25) is 0 Å². The largest absolute Gasteiger partial charge is 0.469 e. The van der Waals surface area contributed by atoms with Gasteiger partial charge in [0.05, 0.1) is 12.5 Å². The second-order valence-electron chi connectivity index (χ2n) is 4.07. The van der Waals surface area contributed by atoms with Crippen molar-refractivity contribution < 1.29 is 9.53 Å². The maximum Gasteiger partial charge on any atom is 0.311 e. The van der Waals surface area contributed by atoms with Gasteiger partial charge in [0.25, 0.3) is 0 Å².